The molecular formula is C17H10F3N7O2. The van der Waals surface area contributed by atoms with Crippen molar-refractivity contribution in [2.24, 2.45) is 0 Å². The number of nitrogens with zero attached hydrogens (tertiary/aromatic N) is 7. The van der Waals surface area contributed by atoms with Gasteiger partial charge in [-0.25, -0.2) is 9.07 Å². The maximum atomic E-state index is 14.4. The van der Waals surface area contributed by atoms with E-state index in [0.29, 0.717) is 23.2 Å². The molecule has 4 aromatic heterocycles. The molecule has 0 amide bonds. The molecular weight excluding hydrogens is 391 g/mol. The number of pyridine rings is 2. The molecule has 4 aromatic rings. The van der Waals surface area contributed by atoms with Gasteiger partial charge in [0.2, 0.25) is 5.89 Å². The molecule has 4 rings (SSSR count). The number of aldehydes is 1. The Labute approximate surface area is 160 Å². The number of carbonyl (C=O) groups excluding carboxylic acids is 1. The molecule has 4 heterocycles. The molecule has 0 saturated carbocycles. The second-order valence-corrected chi connectivity index (χ2v) is 5.79. The second kappa shape index (κ2) is 7.58. The normalized spacial score (nSPS) is 11.2. The van der Waals surface area contributed by atoms with Gasteiger partial charge in [0.15, 0.2) is 6.29 Å². The predicted octanol–water partition coefficient (Wildman–Crippen LogP) is 2.72. The lowest BCUT2D eigenvalue weighted by Crippen LogP contribution is -2.05. The van der Waals surface area contributed by atoms with E-state index in [1.165, 1.54) is 17.1 Å². The van der Waals surface area contributed by atoms with Crippen molar-refractivity contribution in [3.63, 3.8) is 0 Å². The molecule has 0 radical (unpaired) electrons. The Morgan fingerprint density at radius 1 is 1.10 bits per heavy atom. The Morgan fingerprint density at radius 3 is 2.62 bits per heavy atom. The summed E-state index contributed by atoms with van der Waals surface area (Å²) in [5, 5.41) is 14.5. The summed E-state index contributed by atoms with van der Waals surface area (Å²) >= 11 is 0. The smallest absolute Gasteiger partial charge is 0.314 e. The SMILES string of the molecule is O=Cc1ccc(-c2cn(Cc3ncc(-c4nnc(C(F)F)o4)cc3F)nn2)nc1. The third-order valence-electron chi connectivity index (χ3n) is 3.83. The number of hydrogen-bond donors (Lipinski definition) is 0. The Balaban J connectivity index is 1.52. The Morgan fingerprint density at radius 2 is 1.97 bits per heavy atom. The van der Waals surface area contributed by atoms with E-state index in [4.69, 9.17) is 4.42 Å². The zero-order chi connectivity index (χ0) is 20.4. The fourth-order valence-electron chi connectivity index (χ4n) is 2.41. The predicted molar refractivity (Wildman–Crippen MR) is 90.2 cm³/mol. The van der Waals surface area contributed by atoms with Gasteiger partial charge in [-0.2, -0.15) is 8.78 Å². The molecule has 0 bridgehead atoms. The zero-order valence-electron chi connectivity index (χ0n) is 14.4. The van der Waals surface area contributed by atoms with Gasteiger partial charge in [0, 0.05) is 18.0 Å². The first-order valence-electron chi connectivity index (χ1n) is 8.11. The molecule has 146 valence electrons. The highest BCUT2D eigenvalue weighted by Gasteiger charge is 2.18. The van der Waals surface area contributed by atoms with E-state index >= 15 is 0 Å². The van der Waals surface area contributed by atoms with Gasteiger partial charge in [-0.1, -0.05) is 5.21 Å². The quantitative estimate of drug-likeness (QED) is 0.453. The van der Waals surface area contributed by atoms with E-state index in [9.17, 15) is 18.0 Å². The van der Waals surface area contributed by atoms with Gasteiger partial charge >= 0.3 is 6.43 Å². The maximum Gasteiger partial charge on any atom is 0.314 e. The van der Waals surface area contributed by atoms with Crippen LogP contribution in [0.3, 0.4) is 0 Å². The number of hydrogen-bond acceptors (Lipinski definition) is 8. The van der Waals surface area contributed by atoms with Gasteiger partial charge in [-0.15, -0.1) is 15.3 Å². The minimum atomic E-state index is -2.92. The van der Waals surface area contributed by atoms with E-state index < -0.39 is 18.1 Å². The van der Waals surface area contributed by atoms with Crippen LogP contribution in [0.2, 0.25) is 0 Å². The average Bonchev–Trinajstić information content (AvgIpc) is 3.40. The van der Waals surface area contributed by atoms with Crippen LogP contribution in [0, 0.1) is 5.82 Å². The minimum Gasteiger partial charge on any atom is -0.415 e. The van der Waals surface area contributed by atoms with Gasteiger partial charge in [0.25, 0.3) is 5.89 Å². The van der Waals surface area contributed by atoms with Crippen molar-refractivity contribution in [2.75, 3.05) is 0 Å². The minimum absolute atomic E-state index is 0.0301. The zero-order valence-corrected chi connectivity index (χ0v) is 14.4. The van der Waals surface area contributed by atoms with Crippen molar-refractivity contribution < 1.29 is 22.4 Å². The highest BCUT2D eigenvalue weighted by atomic mass is 19.3. The maximum absolute atomic E-state index is 14.4. The van der Waals surface area contributed by atoms with Crippen LogP contribution in [0.1, 0.15) is 28.4 Å². The highest BCUT2D eigenvalue weighted by molar-refractivity contribution is 5.74. The van der Waals surface area contributed by atoms with Crippen LogP contribution in [-0.4, -0.2) is 41.4 Å². The number of alkyl halides is 2. The Hall–Kier alpha value is -3.96. The molecule has 0 saturated heterocycles. The summed E-state index contributed by atoms with van der Waals surface area (Å²) in [4.78, 5) is 18.8. The standard InChI is InChI=1S/C17H10F3N7O2/c18-11-3-10(16-24-25-17(29-16)15(19)20)5-22-13(11)6-27-7-14(23-26-27)12-2-1-9(8-28)4-21-12/h1-5,7-8,15H,6H2. The highest BCUT2D eigenvalue weighted by Crippen LogP contribution is 2.24. The third-order valence-corrected chi connectivity index (χ3v) is 3.83. The molecule has 0 N–H and O–H groups in total. The van der Waals surface area contributed by atoms with Crippen LogP contribution in [0.4, 0.5) is 13.2 Å². The monoisotopic (exact) mass is 401 g/mol. The first kappa shape index (κ1) is 18.4. The summed E-state index contributed by atoms with van der Waals surface area (Å²) in [5.74, 6) is -1.81. The van der Waals surface area contributed by atoms with Gasteiger partial charge < -0.3 is 4.42 Å². The number of halogens is 3. The lowest BCUT2D eigenvalue weighted by atomic mass is 10.2. The molecule has 12 heteroatoms. The molecule has 0 aromatic carbocycles. The van der Waals surface area contributed by atoms with Crippen LogP contribution < -0.4 is 0 Å². The van der Waals surface area contributed by atoms with E-state index in [-0.39, 0.29) is 23.7 Å². The summed E-state index contributed by atoms with van der Waals surface area (Å²) in [6, 6.07) is 4.26. The van der Waals surface area contributed by atoms with E-state index in [2.05, 4.69) is 30.5 Å². The van der Waals surface area contributed by atoms with Crippen LogP contribution in [0.15, 0.2) is 41.2 Å². The molecule has 0 atom stereocenters. The van der Waals surface area contributed by atoms with Crippen molar-refractivity contribution in [3.05, 3.63) is 59.8 Å². The number of rotatable bonds is 6. The van der Waals surface area contributed by atoms with E-state index in [0.717, 1.165) is 6.07 Å². The largest absolute Gasteiger partial charge is 0.415 e. The van der Waals surface area contributed by atoms with Gasteiger partial charge in [0.1, 0.15) is 11.5 Å². The number of carbonyl (C=O) groups is 1. The summed E-state index contributed by atoms with van der Waals surface area (Å²) < 4.78 is 45.6. The first-order chi connectivity index (χ1) is 14.0. The lowest BCUT2D eigenvalue weighted by molar-refractivity contribution is 0.112. The van der Waals surface area contributed by atoms with Gasteiger partial charge in [-0.05, 0) is 18.2 Å². The third kappa shape index (κ3) is 3.85. The van der Waals surface area contributed by atoms with Crippen LogP contribution in [-0.2, 0) is 6.54 Å². The van der Waals surface area contributed by atoms with Crippen LogP contribution >= 0.6 is 0 Å². The summed E-state index contributed by atoms with van der Waals surface area (Å²) in [7, 11) is 0. The first-order valence-corrected chi connectivity index (χ1v) is 8.11. The molecule has 29 heavy (non-hydrogen) atoms. The molecule has 0 aliphatic rings. The molecule has 0 aliphatic heterocycles. The molecule has 0 spiro atoms. The second-order valence-electron chi connectivity index (χ2n) is 5.79. The van der Waals surface area contributed by atoms with E-state index in [1.807, 2.05) is 0 Å². The van der Waals surface area contributed by atoms with Crippen molar-refractivity contribution >= 4 is 6.29 Å². The average molecular weight is 401 g/mol. The molecule has 0 unspecified atom stereocenters. The molecule has 0 aliphatic carbocycles. The fourth-order valence-corrected chi connectivity index (χ4v) is 2.41. The Kier molecular flexibility index (Phi) is 4.81. The van der Waals surface area contributed by atoms with E-state index in [1.54, 1.807) is 18.3 Å². The summed E-state index contributed by atoms with van der Waals surface area (Å²) in [5.41, 5.74) is 1.48. The number of aromatic nitrogens is 7. The van der Waals surface area contributed by atoms with Crippen LogP contribution in [0.25, 0.3) is 22.8 Å². The van der Waals surface area contributed by atoms with Gasteiger partial charge in [0.05, 0.1) is 29.7 Å². The molecule has 9 nitrogen and oxygen atoms in total. The fraction of sp³-hybridized carbons (Fsp3) is 0.118. The summed E-state index contributed by atoms with van der Waals surface area (Å²) in [6.07, 6.45) is 1.94. The molecule has 0 fully saturated rings. The van der Waals surface area contributed by atoms with Crippen molar-refractivity contribution in [2.45, 2.75) is 13.0 Å². The van der Waals surface area contributed by atoms with Crippen LogP contribution in [0.5, 0.6) is 0 Å². The van der Waals surface area contributed by atoms with Crippen molar-refractivity contribution in [1.29, 1.82) is 0 Å². The van der Waals surface area contributed by atoms with Crippen molar-refractivity contribution in [1.82, 2.24) is 35.2 Å². The topological polar surface area (TPSA) is 112 Å². The van der Waals surface area contributed by atoms with Crippen molar-refractivity contribution in [3.8, 4) is 22.8 Å². The summed E-state index contributed by atoms with van der Waals surface area (Å²) in [6.45, 7) is -0.0301. The lowest BCUT2D eigenvalue weighted by Gasteiger charge is -2.03. The van der Waals surface area contributed by atoms with Gasteiger partial charge in [-0.3, -0.25) is 14.8 Å². The Bertz CT molecular complexity index is 1160.